The summed E-state index contributed by atoms with van der Waals surface area (Å²) in [5.41, 5.74) is 2.50. The third kappa shape index (κ3) is 4.15. The summed E-state index contributed by atoms with van der Waals surface area (Å²) in [7, 11) is -0.315. The van der Waals surface area contributed by atoms with Gasteiger partial charge in [-0.1, -0.05) is 27.2 Å². The molecule has 3 unspecified atom stereocenters. The van der Waals surface area contributed by atoms with Crippen LogP contribution in [0.4, 0.5) is 0 Å². The van der Waals surface area contributed by atoms with E-state index in [2.05, 4.69) is 59.3 Å². The molecule has 4 nitrogen and oxygen atoms in total. The first-order valence-electron chi connectivity index (χ1n) is 14.9. The van der Waals surface area contributed by atoms with Crippen LogP contribution in [-0.2, 0) is 15.9 Å². The van der Waals surface area contributed by atoms with Gasteiger partial charge in [-0.05, 0) is 120 Å². The summed E-state index contributed by atoms with van der Waals surface area (Å²) in [6, 6.07) is 0. The fourth-order valence-corrected chi connectivity index (χ4v) is 9.41. The van der Waals surface area contributed by atoms with Crippen LogP contribution < -0.4 is 5.46 Å². The van der Waals surface area contributed by atoms with Crippen LogP contribution in [0.25, 0.3) is 0 Å². The first kappa shape index (κ1) is 24.5. The van der Waals surface area contributed by atoms with Gasteiger partial charge in [0.1, 0.15) is 0 Å². The molecule has 35 heavy (non-hydrogen) atoms. The molecule has 4 bridgehead atoms. The Labute approximate surface area is 214 Å². The Bertz CT molecular complexity index is 899. The van der Waals surface area contributed by atoms with Crippen LogP contribution in [0.1, 0.15) is 118 Å². The van der Waals surface area contributed by atoms with Crippen LogP contribution in [0.5, 0.6) is 0 Å². The van der Waals surface area contributed by atoms with Crippen molar-refractivity contribution in [3.05, 3.63) is 11.9 Å². The minimum Gasteiger partial charge on any atom is -0.399 e. The molecule has 6 fully saturated rings. The lowest BCUT2D eigenvalue weighted by atomic mass is 9.49. The van der Waals surface area contributed by atoms with Crippen LogP contribution in [-0.4, -0.2) is 28.1 Å². The highest BCUT2D eigenvalue weighted by atomic mass is 16.7. The Morgan fingerprint density at radius 1 is 0.943 bits per heavy atom. The zero-order valence-electron chi connectivity index (χ0n) is 23.5. The first-order chi connectivity index (χ1) is 16.5. The maximum Gasteiger partial charge on any atom is 0.498 e. The highest BCUT2D eigenvalue weighted by Crippen LogP contribution is 2.60. The second-order valence-electron chi connectivity index (χ2n) is 15.1. The quantitative estimate of drug-likeness (QED) is 0.447. The molecule has 3 atom stereocenters. The molecular weight excluding hydrogens is 431 g/mol. The van der Waals surface area contributed by atoms with E-state index in [4.69, 9.17) is 14.4 Å². The minimum atomic E-state index is -0.325. The van der Waals surface area contributed by atoms with Crippen LogP contribution in [0, 0.1) is 40.9 Å². The van der Waals surface area contributed by atoms with Crippen molar-refractivity contribution in [2.24, 2.45) is 40.9 Å². The maximum absolute atomic E-state index is 6.64. The maximum atomic E-state index is 6.64. The Hall–Kier alpha value is -0.805. The van der Waals surface area contributed by atoms with Gasteiger partial charge in [-0.2, -0.15) is 5.10 Å². The summed E-state index contributed by atoms with van der Waals surface area (Å²) in [4.78, 5) is 0. The molecule has 1 aromatic rings. The van der Waals surface area contributed by atoms with Gasteiger partial charge in [0.05, 0.1) is 11.2 Å². The van der Waals surface area contributed by atoms with E-state index in [9.17, 15) is 0 Å². The molecular formula is C30H49BN2O2. The average Bonchev–Trinajstić information content (AvgIpc) is 3.23. The molecule has 5 heteroatoms. The SMILES string of the molecule is CC1CCC(C(C)C)C(c2c(B3OC(C)(C)C(C)(C)O3)cnn2CC23CC4CC(CC(C4)C2)C3)C1. The van der Waals surface area contributed by atoms with Crippen molar-refractivity contribution in [3.8, 4) is 0 Å². The van der Waals surface area contributed by atoms with E-state index in [1.165, 1.54) is 68.9 Å². The van der Waals surface area contributed by atoms with Gasteiger partial charge in [0.2, 0.25) is 0 Å². The number of hydrogen-bond donors (Lipinski definition) is 0. The van der Waals surface area contributed by atoms with Crippen molar-refractivity contribution in [1.29, 1.82) is 0 Å². The van der Waals surface area contributed by atoms with E-state index in [-0.39, 0.29) is 18.3 Å². The van der Waals surface area contributed by atoms with Gasteiger partial charge in [-0.3, -0.25) is 4.68 Å². The molecule has 5 saturated carbocycles. The molecule has 6 aliphatic rings. The van der Waals surface area contributed by atoms with Crippen molar-refractivity contribution in [2.45, 2.75) is 130 Å². The predicted octanol–water partition coefficient (Wildman–Crippen LogP) is 6.57. The Morgan fingerprint density at radius 3 is 2.06 bits per heavy atom. The molecule has 1 aliphatic heterocycles. The summed E-state index contributed by atoms with van der Waals surface area (Å²) in [5, 5.41) is 5.18. The van der Waals surface area contributed by atoms with E-state index < -0.39 is 0 Å². The average molecular weight is 481 g/mol. The van der Waals surface area contributed by atoms with E-state index in [1.54, 1.807) is 0 Å². The van der Waals surface area contributed by atoms with Crippen LogP contribution in [0.15, 0.2) is 6.20 Å². The zero-order chi connectivity index (χ0) is 24.8. The second-order valence-corrected chi connectivity index (χ2v) is 15.1. The Morgan fingerprint density at radius 2 is 1.51 bits per heavy atom. The van der Waals surface area contributed by atoms with Crippen molar-refractivity contribution in [2.75, 3.05) is 0 Å². The fourth-order valence-electron chi connectivity index (χ4n) is 9.41. The number of rotatable bonds is 5. The Kier molecular flexibility index (Phi) is 5.85. The molecule has 2 heterocycles. The van der Waals surface area contributed by atoms with Gasteiger partial charge in [-0.25, -0.2) is 0 Å². The first-order valence-corrected chi connectivity index (χ1v) is 14.9. The lowest BCUT2D eigenvalue weighted by Crippen LogP contribution is -2.48. The molecule has 7 rings (SSSR count). The van der Waals surface area contributed by atoms with Gasteiger partial charge >= 0.3 is 7.12 Å². The Balaban J connectivity index is 1.39. The normalized spacial score (nSPS) is 41.8. The molecule has 194 valence electrons. The lowest BCUT2D eigenvalue weighted by Gasteiger charge is -2.57. The topological polar surface area (TPSA) is 36.3 Å². The van der Waals surface area contributed by atoms with Gasteiger partial charge in [-0.15, -0.1) is 0 Å². The monoisotopic (exact) mass is 480 g/mol. The van der Waals surface area contributed by atoms with Crippen molar-refractivity contribution >= 4 is 12.6 Å². The predicted molar refractivity (Wildman–Crippen MR) is 143 cm³/mol. The largest absolute Gasteiger partial charge is 0.498 e. The van der Waals surface area contributed by atoms with Crippen molar-refractivity contribution in [1.82, 2.24) is 9.78 Å². The van der Waals surface area contributed by atoms with E-state index in [0.29, 0.717) is 23.2 Å². The molecule has 0 aromatic carbocycles. The van der Waals surface area contributed by atoms with Gasteiger partial charge in [0.15, 0.2) is 0 Å². The van der Waals surface area contributed by atoms with Crippen molar-refractivity contribution in [3.63, 3.8) is 0 Å². The third-order valence-corrected chi connectivity index (χ3v) is 11.4. The summed E-state index contributed by atoms with van der Waals surface area (Å²) >= 11 is 0. The van der Waals surface area contributed by atoms with Crippen molar-refractivity contribution < 1.29 is 9.31 Å². The lowest BCUT2D eigenvalue weighted by molar-refractivity contribution is -0.0642. The van der Waals surface area contributed by atoms with Gasteiger partial charge in [0.25, 0.3) is 0 Å². The summed E-state index contributed by atoms with van der Waals surface area (Å²) in [6.45, 7) is 17.1. The highest BCUT2D eigenvalue weighted by molar-refractivity contribution is 6.62. The zero-order valence-corrected chi connectivity index (χ0v) is 23.5. The number of nitrogens with zero attached hydrogens (tertiary/aromatic N) is 2. The van der Waals surface area contributed by atoms with E-state index >= 15 is 0 Å². The third-order valence-electron chi connectivity index (χ3n) is 11.4. The van der Waals surface area contributed by atoms with Crippen LogP contribution in [0.2, 0.25) is 0 Å². The molecule has 0 N–H and O–H groups in total. The summed E-state index contributed by atoms with van der Waals surface area (Å²) < 4.78 is 15.8. The highest BCUT2D eigenvalue weighted by Gasteiger charge is 2.55. The molecule has 0 spiro atoms. The smallest absolute Gasteiger partial charge is 0.399 e. The minimum absolute atomic E-state index is 0.315. The van der Waals surface area contributed by atoms with Crippen LogP contribution >= 0.6 is 0 Å². The van der Waals surface area contributed by atoms with Crippen LogP contribution in [0.3, 0.4) is 0 Å². The van der Waals surface area contributed by atoms with Gasteiger partial charge < -0.3 is 9.31 Å². The van der Waals surface area contributed by atoms with E-state index in [0.717, 1.165) is 30.2 Å². The second kappa shape index (κ2) is 8.35. The molecule has 0 radical (unpaired) electrons. The molecule has 5 aliphatic carbocycles. The van der Waals surface area contributed by atoms with Gasteiger partial charge in [0, 0.05) is 29.8 Å². The molecule has 1 saturated heterocycles. The summed E-state index contributed by atoms with van der Waals surface area (Å²) in [5.74, 6) is 5.62. The standard InChI is InChI=1S/C30H49BN2O2/c1-19(2)24-9-8-20(3)10-25(24)27-26(31-34-28(4,5)29(6,7)35-31)17-32-33(27)18-30-14-21-11-22(15-30)13-23(12-21)16-30/h17,19-25H,8-16,18H2,1-7H3. The number of hydrogen-bond acceptors (Lipinski definition) is 3. The number of aromatic nitrogens is 2. The molecule has 0 amide bonds. The molecule has 1 aromatic heterocycles. The van der Waals surface area contributed by atoms with E-state index in [1.807, 2.05) is 0 Å². The summed E-state index contributed by atoms with van der Waals surface area (Å²) in [6.07, 6.45) is 14.9. The fraction of sp³-hybridized carbons (Fsp3) is 0.900.